The molecule has 1 saturated heterocycles. The van der Waals surface area contributed by atoms with E-state index in [1.807, 2.05) is 24.3 Å². The van der Waals surface area contributed by atoms with Gasteiger partial charge in [0, 0.05) is 39.3 Å². The lowest BCUT2D eigenvalue weighted by molar-refractivity contribution is -0.136. The molecule has 1 aliphatic heterocycles. The summed E-state index contributed by atoms with van der Waals surface area (Å²) in [5.41, 5.74) is 1.64. The molecular weight excluding hydrogens is 494 g/mol. The fraction of sp³-hybridized carbons (Fsp3) is 0.259. The maximum absolute atomic E-state index is 12.7. The van der Waals surface area contributed by atoms with Gasteiger partial charge in [-0.2, -0.15) is 0 Å². The molecule has 1 amide bonds. The van der Waals surface area contributed by atoms with Crippen molar-refractivity contribution in [3.63, 3.8) is 0 Å². The number of ether oxygens (including phenoxy) is 1. The Labute approximate surface area is 216 Å². The molecule has 0 atom stereocenters. The van der Waals surface area contributed by atoms with E-state index in [-0.39, 0.29) is 22.9 Å². The normalized spacial score (nSPS) is 14.3. The standard InChI is InChI=1S/C27H29N3O6S/c31-25-12-11-23(37(34,35)28-18-21-7-3-1-4-8-21)17-24(25)27(33)36-20-26(32)30-15-13-29(14-16-30)19-22-9-5-2-6-10-22/h1-12,17,28,31H,13-16,18-20H2. The number of esters is 1. The first kappa shape index (κ1) is 26.3. The minimum Gasteiger partial charge on any atom is -0.507 e. The van der Waals surface area contributed by atoms with Crippen molar-refractivity contribution in [2.45, 2.75) is 18.0 Å². The monoisotopic (exact) mass is 523 g/mol. The van der Waals surface area contributed by atoms with Gasteiger partial charge in [0.1, 0.15) is 11.3 Å². The van der Waals surface area contributed by atoms with E-state index in [9.17, 15) is 23.1 Å². The first-order valence-electron chi connectivity index (χ1n) is 11.9. The number of amides is 1. The van der Waals surface area contributed by atoms with Crippen LogP contribution in [0.4, 0.5) is 0 Å². The molecule has 0 bridgehead atoms. The Kier molecular flexibility index (Phi) is 8.54. The zero-order valence-corrected chi connectivity index (χ0v) is 21.1. The van der Waals surface area contributed by atoms with Crippen LogP contribution in [0.1, 0.15) is 21.5 Å². The largest absolute Gasteiger partial charge is 0.507 e. The predicted molar refractivity (Wildman–Crippen MR) is 137 cm³/mol. The topological polar surface area (TPSA) is 116 Å². The summed E-state index contributed by atoms with van der Waals surface area (Å²) in [6, 6.07) is 22.4. The summed E-state index contributed by atoms with van der Waals surface area (Å²) < 4.78 is 33.0. The van der Waals surface area contributed by atoms with E-state index in [2.05, 4.69) is 21.8 Å². The quantitative estimate of drug-likeness (QED) is 0.414. The lowest BCUT2D eigenvalue weighted by Crippen LogP contribution is -2.49. The van der Waals surface area contributed by atoms with Crippen LogP contribution in [0.3, 0.4) is 0 Å². The lowest BCUT2D eigenvalue weighted by Gasteiger charge is -2.34. The van der Waals surface area contributed by atoms with Gasteiger partial charge < -0.3 is 14.7 Å². The van der Waals surface area contributed by atoms with Crippen LogP contribution in [0.15, 0.2) is 83.8 Å². The van der Waals surface area contributed by atoms with Crippen molar-refractivity contribution in [1.82, 2.24) is 14.5 Å². The number of aromatic hydroxyl groups is 1. The number of phenolic OH excluding ortho intramolecular Hbond substituents is 1. The molecule has 3 aromatic carbocycles. The van der Waals surface area contributed by atoms with Gasteiger partial charge in [-0.15, -0.1) is 0 Å². The highest BCUT2D eigenvalue weighted by Gasteiger charge is 2.24. The van der Waals surface area contributed by atoms with Crippen LogP contribution in [-0.2, 0) is 32.6 Å². The smallest absolute Gasteiger partial charge is 0.342 e. The number of rotatable bonds is 9. The maximum Gasteiger partial charge on any atom is 0.342 e. The molecule has 2 N–H and O–H groups in total. The predicted octanol–water partition coefficient (Wildman–Crippen LogP) is 2.37. The molecule has 10 heteroatoms. The van der Waals surface area contributed by atoms with Crippen molar-refractivity contribution in [3.05, 3.63) is 95.6 Å². The van der Waals surface area contributed by atoms with Crippen molar-refractivity contribution >= 4 is 21.9 Å². The van der Waals surface area contributed by atoms with E-state index in [1.165, 1.54) is 11.6 Å². The number of nitrogens with zero attached hydrogens (tertiary/aromatic N) is 2. The van der Waals surface area contributed by atoms with Crippen LogP contribution < -0.4 is 4.72 Å². The second-order valence-electron chi connectivity index (χ2n) is 8.71. The summed E-state index contributed by atoms with van der Waals surface area (Å²) in [6.07, 6.45) is 0. The SMILES string of the molecule is O=C(OCC(=O)N1CCN(Cc2ccccc2)CC1)c1cc(S(=O)(=O)NCc2ccccc2)ccc1O. The Hall–Kier alpha value is -3.73. The molecular formula is C27H29N3O6S. The molecule has 0 aliphatic carbocycles. The first-order valence-corrected chi connectivity index (χ1v) is 13.4. The molecule has 37 heavy (non-hydrogen) atoms. The number of piperazine rings is 1. The third-order valence-corrected chi connectivity index (χ3v) is 7.51. The van der Waals surface area contributed by atoms with Gasteiger partial charge in [0.05, 0.1) is 4.90 Å². The van der Waals surface area contributed by atoms with Crippen molar-refractivity contribution in [2.75, 3.05) is 32.8 Å². The van der Waals surface area contributed by atoms with Crippen molar-refractivity contribution in [1.29, 1.82) is 0 Å². The second-order valence-corrected chi connectivity index (χ2v) is 10.5. The fourth-order valence-corrected chi connectivity index (χ4v) is 5.04. The first-order chi connectivity index (χ1) is 17.8. The van der Waals surface area contributed by atoms with Crippen LogP contribution in [-0.4, -0.2) is 68.0 Å². The Bertz CT molecular complexity index is 1320. The fourth-order valence-electron chi connectivity index (χ4n) is 4.00. The summed E-state index contributed by atoms with van der Waals surface area (Å²) >= 11 is 0. The van der Waals surface area contributed by atoms with E-state index < -0.39 is 28.3 Å². The Morgan fingerprint density at radius 2 is 1.49 bits per heavy atom. The molecule has 9 nitrogen and oxygen atoms in total. The van der Waals surface area contributed by atoms with Crippen LogP contribution >= 0.6 is 0 Å². The van der Waals surface area contributed by atoms with Gasteiger partial charge in [-0.05, 0) is 29.3 Å². The van der Waals surface area contributed by atoms with E-state index in [1.54, 1.807) is 29.2 Å². The minimum absolute atomic E-state index is 0.0664. The van der Waals surface area contributed by atoms with Gasteiger partial charge in [0.25, 0.3) is 5.91 Å². The van der Waals surface area contributed by atoms with Gasteiger partial charge in [-0.1, -0.05) is 60.7 Å². The maximum atomic E-state index is 12.7. The van der Waals surface area contributed by atoms with E-state index in [0.717, 1.165) is 24.2 Å². The highest BCUT2D eigenvalue weighted by molar-refractivity contribution is 7.89. The van der Waals surface area contributed by atoms with E-state index >= 15 is 0 Å². The van der Waals surface area contributed by atoms with Crippen LogP contribution in [0.25, 0.3) is 0 Å². The molecule has 4 rings (SSSR count). The minimum atomic E-state index is -3.96. The lowest BCUT2D eigenvalue weighted by atomic mass is 10.2. The molecule has 0 radical (unpaired) electrons. The van der Waals surface area contributed by atoms with Gasteiger partial charge in [0.2, 0.25) is 10.0 Å². The summed E-state index contributed by atoms with van der Waals surface area (Å²) in [5.74, 6) is -1.76. The Morgan fingerprint density at radius 3 is 2.14 bits per heavy atom. The van der Waals surface area contributed by atoms with Crippen LogP contribution in [0, 0.1) is 0 Å². The van der Waals surface area contributed by atoms with Gasteiger partial charge in [0.15, 0.2) is 6.61 Å². The van der Waals surface area contributed by atoms with Crippen molar-refractivity contribution < 1.29 is 27.9 Å². The molecule has 3 aromatic rings. The summed E-state index contributed by atoms with van der Waals surface area (Å²) in [5, 5.41) is 10.1. The molecule has 194 valence electrons. The van der Waals surface area contributed by atoms with Crippen molar-refractivity contribution in [2.24, 2.45) is 0 Å². The zero-order valence-electron chi connectivity index (χ0n) is 20.2. The molecule has 0 spiro atoms. The van der Waals surface area contributed by atoms with Crippen LogP contribution in [0.2, 0.25) is 0 Å². The average molecular weight is 524 g/mol. The van der Waals surface area contributed by atoms with Gasteiger partial charge in [-0.3, -0.25) is 9.69 Å². The summed E-state index contributed by atoms with van der Waals surface area (Å²) in [6.45, 7) is 2.79. The number of nitrogens with one attached hydrogen (secondary N) is 1. The van der Waals surface area contributed by atoms with Gasteiger partial charge in [-0.25, -0.2) is 17.9 Å². The molecule has 0 saturated carbocycles. The number of phenols is 1. The van der Waals surface area contributed by atoms with E-state index in [0.29, 0.717) is 26.2 Å². The van der Waals surface area contributed by atoms with E-state index in [4.69, 9.17) is 4.74 Å². The molecule has 1 heterocycles. The average Bonchev–Trinajstić information content (AvgIpc) is 2.92. The second kappa shape index (κ2) is 12.0. The zero-order chi connectivity index (χ0) is 26.3. The van der Waals surface area contributed by atoms with Crippen molar-refractivity contribution in [3.8, 4) is 5.75 Å². The highest BCUT2D eigenvalue weighted by atomic mass is 32.2. The summed E-state index contributed by atoms with van der Waals surface area (Å²) in [7, 11) is -3.96. The molecule has 0 aromatic heterocycles. The Balaban J connectivity index is 1.30. The Morgan fingerprint density at radius 1 is 0.865 bits per heavy atom. The summed E-state index contributed by atoms with van der Waals surface area (Å²) in [4.78, 5) is 28.9. The highest BCUT2D eigenvalue weighted by Crippen LogP contribution is 2.22. The number of hydrogen-bond donors (Lipinski definition) is 2. The molecule has 0 unspecified atom stereocenters. The number of carbonyl (C=O) groups is 2. The number of sulfonamides is 1. The number of carbonyl (C=O) groups excluding carboxylic acids is 2. The van der Waals surface area contributed by atoms with Crippen LogP contribution in [0.5, 0.6) is 5.75 Å². The van der Waals surface area contributed by atoms with Gasteiger partial charge >= 0.3 is 5.97 Å². The molecule has 1 aliphatic rings. The number of benzene rings is 3. The third-order valence-electron chi connectivity index (χ3n) is 6.11. The third kappa shape index (κ3) is 7.16. The molecule has 1 fully saturated rings. The number of hydrogen-bond acceptors (Lipinski definition) is 7.